The number of guanidine groups is 1. The molecule has 138 valence electrons. The fraction of sp³-hybridized carbons (Fsp3) is 0.381. The Bertz CT molecular complexity index is 733. The van der Waals surface area contributed by atoms with Crippen LogP contribution in [0.2, 0.25) is 0 Å². The van der Waals surface area contributed by atoms with E-state index >= 15 is 0 Å². The summed E-state index contributed by atoms with van der Waals surface area (Å²) in [7, 11) is 0.848. The van der Waals surface area contributed by atoms with Crippen molar-refractivity contribution in [2.45, 2.75) is 17.7 Å². The maximum Gasteiger partial charge on any atom is 0.193 e. The van der Waals surface area contributed by atoms with Crippen molar-refractivity contribution < 1.29 is 4.21 Å². The molecular formula is C21H27N3OS. The minimum Gasteiger partial charge on any atom is -0.355 e. The van der Waals surface area contributed by atoms with Crippen LogP contribution < -0.4 is 5.32 Å². The molecule has 2 aromatic carbocycles. The van der Waals surface area contributed by atoms with Crippen molar-refractivity contribution in [1.82, 2.24) is 10.2 Å². The number of likely N-dealkylation sites (tertiary alicyclic amines) is 1. The van der Waals surface area contributed by atoms with Gasteiger partial charge in [0.2, 0.25) is 0 Å². The standard InChI is InChI=1S/C21H27N3OS/c1-22-21(23-13-15-26(25)20-10-6-3-7-11-20)24-14-12-19(17-24)16-18-8-4-2-5-9-18/h2-11,19H,12-17H2,1H3,(H,22,23). The summed E-state index contributed by atoms with van der Waals surface area (Å²) in [6, 6.07) is 20.3. The molecule has 26 heavy (non-hydrogen) atoms. The highest BCUT2D eigenvalue weighted by Gasteiger charge is 2.24. The maximum absolute atomic E-state index is 12.3. The molecule has 0 saturated carbocycles. The van der Waals surface area contributed by atoms with E-state index in [1.165, 1.54) is 12.0 Å². The third kappa shape index (κ3) is 5.18. The zero-order chi connectivity index (χ0) is 18.2. The molecule has 3 rings (SSSR count). The maximum atomic E-state index is 12.3. The van der Waals surface area contributed by atoms with Crippen LogP contribution in [0, 0.1) is 5.92 Å². The summed E-state index contributed by atoms with van der Waals surface area (Å²) in [5, 5.41) is 3.38. The van der Waals surface area contributed by atoms with Crippen molar-refractivity contribution >= 4 is 16.8 Å². The number of rotatable bonds is 6. The van der Waals surface area contributed by atoms with Crippen molar-refractivity contribution in [1.29, 1.82) is 0 Å². The SMILES string of the molecule is CN=C(NCCS(=O)c1ccccc1)N1CCC(Cc2ccccc2)C1. The molecule has 1 heterocycles. The van der Waals surface area contributed by atoms with Gasteiger partial charge in [-0.1, -0.05) is 48.5 Å². The first-order chi connectivity index (χ1) is 12.8. The topological polar surface area (TPSA) is 44.7 Å². The van der Waals surface area contributed by atoms with E-state index < -0.39 is 10.8 Å². The minimum absolute atomic E-state index is 0.588. The Morgan fingerprint density at radius 1 is 1.15 bits per heavy atom. The van der Waals surface area contributed by atoms with Gasteiger partial charge in [-0.3, -0.25) is 9.20 Å². The molecule has 0 radical (unpaired) electrons. The average molecular weight is 370 g/mol. The lowest BCUT2D eigenvalue weighted by atomic mass is 9.99. The van der Waals surface area contributed by atoms with Gasteiger partial charge in [-0.15, -0.1) is 0 Å². The summed E-state index contributed by atoms with van der Waals surface area (Å²) in [4.78, 5) is 7.61. The Labute approximate surface area is 158 Å². The second-order valence-electron chi connectivity index (χ2n) is 6.63. The van der Waals surface area contributed by atoms with Crippen molar-refractivity contribution in [3.05, 3.63) is 66.2 Å². The quantitative estimate of drug-likeness (QED) is 0.629. The molecule has 0 aromatic heterocycles. The molecule has 4 nitrogen and oxygen atoms in total. The molecule has 0 amide bonds. The summed E-state index contributed by atoms with van der Waals surface area (Å²) in [5.41, 5.74) is 1.40. The molecule has 0 spiro atoms. The van der Waals surface area contributed by atoms with Crippen LogP contribution in [-0.4, -0.2) is 47.5 Å². The van der Waals surface area contributed by atoms with E-state index in [1.807, 2.05) is 37.4 Å². The van der Waals surface area contributed by atoms with Gasteiger partial charge in [0.1, 0.15) is 0 Å². The lowest BCUT2D eigenvalue weighted by molar-refractivity contribution is 0.461. The molecule has 1 aliphatic heterocycles. The predicted molar refractivity (Wildman–Crippen MR) is 109 cm³/mol. The van der Waals surface area contributed by atoms with Gasteiger partial charge in [0.15, 0.2) is 5.96 Å². The fourth-order valence-corrected chi connectivity index (χ4v) is 4.40. The molecule has 5 heteroatoms. The summed E-state index contributed by atoms with van der Waals surface area (Å²) in [5.74, 6) is 2.17. The van der Waals surface area contributed by atoms with E-state index in [-0.39, 0.29) is 0 Å². The third-order valence-electron chi connectivity index (χ3n) is 4.74. The van der Waals surface area contributed by atoms with Crippen LogP contribution in [0.15, 0.2) is 70.6 Å². The second kappa shape index (κ2) is 9.53. The highest BCUT2D eigenvalue weighted by molar-refractivity contribution is 7.85. The van der Waals surface area contributed by atoms with Crippen LogP contribution >= 0.6 is 0 Å². The third-order valence-corrected chi connectivity index (χ3v) is 6.11. The van der Waals surface area contributed by atoms with Gasteiger partial charge < -0.3 is 10.2 Å². The minimum atomic E-state index is -0.973. The van der Waals surface area contributed by atoms with E-state index in [9.17, 15) is 4.21 Å². The number of hydrogen-bond acceptors (Lipinski definition) is 2. The van der Waals surface area contributed by atoms with Crippen LogP contribution in [0.1, 0.15) is 12.0 Å². The molecule has 1 aliphatic rings. The van der Waals surface area contributed by atoms with Crippen LogP contribution in [-0.2, 0) is 17.2 Å². The number of benzene rings is 2. The smallest absolute Gasteiger partial charge is 0.193 e. The average Bonchev–Trinajstić information content (AvgIpc) is 3.15. The lowest BCUT2D eigenvalue weighted by Crippen LogP contribution is -2.41. The number of nitrogens with one attached hydrogen (secondary N) is 1. The van der Waals surface area contributed by atoms with E-state index in [0.29, 0.717) is 18.2 Å². The first kappa shape index (κ1) is 18.6. The Morgan fingerprint density at radius 3 is 2.54 bits per heavy atom. The molecule has 0 aliphatic carbocycles. The van der Waals surface area contributed by atoms with E-state index in [1.54, 1.807) is 0 Å². The zero-order valence-corrected chi connectivity index (χ0v) is 16.1. The van der Waals surface area contributed by atoms with Gasteiger partial charge in [-0.2, -0.15) is 0 Å². The van der Waals surface area contributed by atoms with Gasteiger partial charge in [0.25, 0.3) is 0 Å². The zero-order valence-electron chi connectivity index (χ0n) is 15.3. The van der Waals surface area contributed by atoms with Crippen molar-refractivity contribution in [2.24, 2.45) is 10.9 Å². The molecule has 1 fully saturated rings. The molecule has 0 bridgehead atoms. The van der Waals surface area contributed by atoms with Gasteiger partial charge in [-0.25, -0.2) is 0 Å². The molecule has 2 unspecified atom stereocenters. The molecule has 1 saturated heterocycles. The number of nitrogens with zero attached hydrogens (tertiary/aromatic N) is 2. The van der Waals surface area contributed by atoms with Gasteiger partial charge in [0, 0.05) is 37.3 Å². The van der Waals surface area contributed by atoms with Crippen molar-refractivity contribution in [3.8, 4) is 0 Å². The van der Waals surface area contributed by atoms with Gasteiger partial charge >= 0.3 is 0 Å². The van der Waals surface area contributed by atoms with Crippen molar-refractivity contribution in [3.63, 3.8) is 0 Å². The van der Waals surface area contributed by atoms with E-state index in [2.05, 4.69) is 45.5 Å². The largest absolute Gasteiger partial charge is 0.355 e. The van der Waals surface area contributed by atoms with Crippen LogP contribution in [0.5, 0.6) is 0 Å². The van der Waals surface area contributed by atoms with Gasteiger partial charge in [0.05, 0.1) is 10.8 Å². The fourth-order valence-electron chi connectivity index (χ4n) is 3.42. The first-order valence-corrected chi connectivity index (χ1v) is 10.5. The Hall–Kier alpha value is -2.14. The van der Waals surface area contributed by atoms with Crippen molar-refractivity contribution in [2.75, 3.05) is 32.4 Å². The second-order valence-corrected chi connectivity index (χ2v) is 8.20. The van der Waals surface area contributed by atoms with E-state index in [0.717, 1.165) is 30.4 Å². The lowest BCUT2D eigenvalue weighted by Gasteiger charge is -2.21. The van der Waals surface area contributed by atoms with E-state index in [4.69, 9.17) is 0 Å². The normalized spacial score (nSPS) is 18.7. The monoisotopic (exact) mass is 369 g/mol. The number of hydrogen-bond donors (Lipinski definition) is 1. The highest BCUT2D eigenvalue weighted by atomic mass is 32.2. The molecule has 2 aromatic rings. The van der Waals surface area contributed by atoms with Crippen LogP contribution in [0.4, 0.5) is 0 Å². The Balaban J connectivity index is 1.45. The Kier molecular flexibility index (Phi) is 6.83. The summed E-state index contributed by atoms with van der Waals surface area (Å²) >= 11 is 0. The Morgan fingerprint density at radius 2 is 1.85 bits per heavy atom. The molecule has 1 N–H and O–H groups in total. The predicted octanol–water partition coefficient (Wildman–Crippen LogP) is 2.93. The summed E-state index contributed by atoms with van der Waals surface area (Å²) < 4.78 is 12.3. The summed E-state index contributed by atoms with van der Waals surface area (Å²) in [6.45, 7) is 2.71. The molecule has 2 atom stereocenters. The van der Waals surface area contributed by atoms with Crippen LogP contribution in [0.3, 0.4) is 0 Å². The summed E-state index contributed by atoms with van der Waals surface area (Å²) in [6.07, 6.45) is 2.30. The van der Waals surface area contributed by atoms with Gasteiger partial charge in [-0.05, 0) is 36.5 Å². The van der Waals surface area contributed by atoms with Crippen LogP contribution in [0.25, 0.3) is 0 Å². The number of aliphatic imine (C=N–C) groups is 1. The highest BCUT2D eigenvalue weighted by Crippen LogP contribution is 2.20. The first-order valence-electron chi connectivity index (χ1n) is 9.19. The molecular weight excluding hydrogens is 342 g/mol.